The highest BCUT2D eigenvalue weighted by atomic mass is 16.5. The van der Waals surface area contributed by atoms with Gasteiger partial charge in [0.2, 0.25) is 0 Å². The highest BCUT2D eigenvalue weighted by Crippen LogP contribution is 2.25. The largest absolute Gasteiger partial charge is 0.504 e. The molecule has 0 radical (unpaired) electrons. The predicted molar refractivity (Wildman–Crippen MR) is 78.9 cm³/mol. The normalized spacial score (nSPS) is 11.0. The Bertz CT molecular complexity index is 450. The van der Waals surface area contributed by atoms with Gasteiger partial charge in [-0.1, -0.05) is 0 Å². The Hall–Kier alpha value is -1.63. The van der Waals surface area contributed by atoms with Crippen molar-refractivity contribution in [3.05, 3.63) is 23.8 Å². The van der Waals surface area contributed by atoms with E-state index in [1.165, 1.54) is 18.2 Å². The van der Waals surface area contributed by atoms with E-state index >= 15 is 0 Å². The van der Waals surface area contributed by atoms with Gasteiger partial charge in [-0.3, -0.25) is 9.69 Å². The first-order chi connectivity index (χ1) is 10.1. The van der Waals surface area contributed by atoms with Crippen LogP contribution in [0.3, 0.4) is 0 Å². The maximum atomic E-state index is 12.2. The van der Waals surface area contributed by atoms with E-state index in [4.69, 9.17) is 9.47 Å². The van der Waals surface area contributed by atoms with Crippen LogP contribution in [0.1, 0.15) is 16.8 Å². The Morgan fingerprint density at radius 2 is 1.81 bits per heavy atom. The molecule has 6 heteroatoms. The summed E-state index contributed by atoms with van der Waals surface area (Å²) in [6, 6.07) is 4.09. The zero-order chi connectivity index (χ0) is 15.7. The Kier molecular flexibility index (Phi) is 7.74. The summed E-state index contributed by atoms with van der Waals surface area (Å²) in [5, 5.41) is 18.7. The highest BCUT2D eigenvalue weighted by Gasteiger charge is 2.14. The van der Waals surface area contributed by atoms with Crippen LogP contribution in [0.15, 0.2) is 18.2 Å². The van der Waals surface area contributed by atoms with Gasteiger partial charge in [0.05, 0.1) is 13.2 Å². The number of methoxy groups -OCH3 is 2. The molecule has 0 unspecified atom stereocenters. The fourth-order valence-corrected chi connectivity index (χ4v) is 1.91. The maximum Gasteiger partial charge on any atom is 0.176 e. The van der Waals surface area contributed by atoms with Gasteiger partial charge >= 0.3 is 0 Å². The van der Waals surface area contributed by atoms with E-state index in [9.17, 15) is 15.0 Å². The molecule has 0 aliphatic carbocycles. The lowest BCUT2D eigenvalue weighted by Crippen LogP contribution is -2.34. The molecule has 0 fully saturated rings. The average molecular weight is 297 g/mol. The first-order valence-electron chi connectivity index (χ1n) is 6.84. The fourth-order valence-electron chi connectivity index (χ4n) is 1.91. The molecule has 1 aromatic carbocycles. The molecule has 0 amide bonds. The third-order valence-corrected chi connectivity index (χ3v) is 3.10. The third kappa shape index (κ3) is 6.12. The Balaban J connectivity index is 2.62. The number of hydrogen-bond donors (Lipinski definition) is 2. The molecular weight excluding hydrogens is 274 g/mol. The molecule has 1 aromatic rings. The summed E-state index contributed by atoms with van der Waals surface area (Å²) in [5.41, 5.74) is 0.374. The lowest BCUT2D eigenvalue weighted by molar-refractivity contribution is 0.0877. The highest BCUT2D eigenvalue weighted by molar-refractivity contribution is 5.98. The van der Waals surface area contributed by atoms with Crippen LogP contribution in [-0.2, 0) is 9.47 Å². The lowest BCUT2D eigenvalue weighted by atomic mass is 10.1. The molecule has 0 saturated heterocycles. The molecule has 0 aromatic heterocycles. The van der Waals surface area contributed by atoms with Crippen molar-refractivity contribution in [3.63, 3.8) is 0 Å². The van der Waals surface area contributed by atoms with Crippen molar-refractivity contribution in [1.29, 1.82) is 0 Å². The lowest BCUT2D eigenvalue weighted by Gasteiger charge is -2.21. The first-order valence-corrected chi connectivity index (χ1v) is 6.84. The number of rotatable bonds is 10. The van der Waals surface area contributed by atoms with Crippen LogP contribution in [0.5, 0.6) is 11.5 Å². The topological polar surface area (TPSA) is 79.2 Å². The minimum atomic E-state index is -0.288. The van der Waals surface area contributed by atoms with Gasteiger partial charge in [0.1, 0.15) is 0 Å². The van der Waals surface area contributed by atoms with Crippen molar-refractivity contribution in [2.45, 2.75) is 6.42 Å². The number of aromatic hydroxyl groups is 2. The van der Waals surface area contributed by atoms with E-state index < -0.39 is 0 Å². The zero-order valence-corrected chi connectivity index (χ0v) is 12.5. The van der Waals surface area contributed by atoms with Crippen LogP contribution in [-0.4, -0.2) is 68.0 Å². The van der Waals surface area contributed by atoms with Gasteiger partial charge in [-0.05, 0) is 24.6 Å². The van der Waals surface area contributed by atoms with E-state index in [1.54, 1.807) is 14.2 Å². The molecule has 0 spiro atoms. The van der Waals surface area contributed by atoms with Gasteiger partial charge in [0, 0.05) is 39.5 Å². The average Bonchev–Trinajstić information content (AvgIpc) is 2.47. The zero-order valence-electron chi connectivity index (χ0n) is 12.5. The Morgan fingerprint density at radius 3 is 2.43 bits per heavy atom. The van der Waals surface area contributed by atoms with Gasteiger partial charge in [-0.15, -0.1) is 0 Å². The first kappa shape index (κ1) is 17.4. The van der Waals surface area contributed by atoms with Crippen LogP contribution < -0.4 is 0 Å². The summed E-state index contributed by atoms with van der Waals surface area (Å²) in [5.74, 6) is -0.634. The molecule has 21 heavy (non-hydrogen) atoms. The molecule has 6 nitrogen and oxygen atoms in total. The maximum absolute atomic E-state index is 12.2. The predicted octanol–water partition coefficient (Wildman–Crippen LogP) is 1.27. The summed E-state index contributed by atoms with van der Waals surface area (Å²) >= 11 is 0. The van der Waals surface area contributed by atoms with Crippen molar-refractivity contribution in [2.24, 2.45) is 0 Å². The molecule has 0 bridgehead atoms. The number of Topliss-reactive ketones (excluding diaryl/α,β-unsaturated/α-hetero) is 1. The van der Waals surface area contributed by atoms with Gasteiger partial charge in [-0.25, -0.2) is 0 Å². The van der Waals surface area contributed by atoms with Gasteiger partial charge in [0.25, 0.3) is 0 Å². The van der Waals surface area contributed by atoms with Gasteiger partial charge in [0.15, 0.2) is 17.3 Å². The summed E-state index contributed by atoms with van der Waals surface area (Å²) in [7, 11) is 3.26. The van der Waals surface area contributed by atoms with Crippen molar-refractivity contribution < 1.29 is 24.5 Å². The van der Waals surface area contributed by atoms with Crippen LogP contribution in [0.4, 0.5) is 0 Å². The number of phenolic OH excluding ortho intramolecular Hbond substituents is 2. The quantitative estimate of drug-likeness (QED) is 0.384. The van der Waals surface area contributed by atoms with Crippen LogP contribution in [0.25, 0.3) is 0 Å². The van der Waals surface area contributed by atoms with Crippen LogP contribution in [0, 0.1) is 0 Å². The minimum Gasteiger partial charge on any atom is -0.504 e. The van der Waals surface area contributed by atoms with Crippen LogP contribution >= 0.6 is 0 Å². The summed E-state index contributed by atoms with van der Waals surface area (Å²) in [6.07, 6.45) is 0.828. The van der Waals surface area contributed by atoms with Crippen molar-refractivity contribution in [3.8, 4) is 11.5 Å². The summed E-state index contributed by atoms with van der Waals surface area (Å²) in [6.45, 7) is 2.79. The number of ketones is 1. The van der Waals surface area contributed by atoms with Crippen molar-refractivity contribution in [2.75, 3.05) is 47.1 Å². The van der Waals surface area contributed by atoms with E-state index in [0.29, 0.717) is 25.3 Å². The number of carbonyl (C=O) groups excluding carboxylic acids is 1. The monoisotopic (exact) mass is 297 g/mol. The van der Waals surface area contributed by atoms with Gasteiger partial charge < -0.3 is 19.7 Å². The van der Waals surface area contributed by atoms with Crippen molar-refractivity contribution in [1.82, 2.24) is 4.90 Å². The summed E-state index contributed by atoms with van der Waals surface area (Å²) in [4.78, 5) is 14.2. The van der Waals surface area contributed by atoms with E-state index in [1.807, 2.05) is 4.90 Å². The SMILES string of the molecule is COCCCN(CCOC)CC(=O)c1ccc(O)c(O)c1. The van der Waals surface area contributed by atoms with E-state index in [-0.39, 0.29) is 23.8 Å². The van der Waals surface area contributed by atoms with E-state index in [2.05, 4.69) is 0 Å². The smallest absolute Gasteiger partial charge is 0.176 e. The Morgan fingerprint density at radius 1 is 1.10 bits per heavy atom. The number of hydrogen-bond acceptors (Lipinski definition) is 6. The second kappa shape index (κ2) is 9.33. The molecule has 118 valence electrons. The standard InChI is InChI=1S/C15H23NO5/c1-20-8-3-6-16(7-9-21-2)11-15(19)12-4-5-13(17)14(18)10-12/h4-5,10,17-18H,3,6-9,11H2,1-2H3. The fraction of sp³-hybridized carbons (Fsp3) is 0.533. The molecule has 1 rings (SSSR count). The van der Waals surface area contributed by atoms with Crippen molar-refractivity contribution >= 4 is 5.78 Å². The second-order valence-corrected chi connectivity index (χ2v) is 4.74. The third-order valence-electron chi connectivity index (χ3n) is 3.10. The van der Waals surface area contributed by atoms with Crippen LogP contribution in [0.2, 0.25) is 0 Å². The molecule has 0 aliphatic rings. The number of phenols is 2. The number of benzene rings is 1. The molecule has 2 N–H and O–H groups in total. The second-order valence-electron chi connectivity index (χ2n) is 4.74. The minimum absolute atomic E-state index is 0.112. The molecule has 0 atom stereocenters. The molecule has 0 heterocycles. The number of nitrogens with zero attached hydrogens (tertiary/aromatic N) is 1. The molecule has 0 saturated carbocycles. The molecular formula is C15H23NO5. The number of ether oxygens (including phenoxy) is 2. The summed E-state index contributed by atoms with van der Waals surface area (Å²) < 4.78 is 10.1. The van der Waals surface area contributed by atoms with E-state index in [0.717, 1.165) is 13.0 Å². The van der Waals surface area contributed by atoms with Gasteiger partial charge in [-0.2, -0.15) is 0 Å². The number of carbonyl (C=O) groups is 1. The molecule has 0 aliphatic heterocycles. The Labute approximate surface area is 124 Å².